The highest BCUT2D eigenvalue weighted by molar-refractivity contribution is 7.90. The Labute approximate surface area is 144 Å². The van der Waals surface area contributed by atoms with Crippen LogP contribution in [0.2, 0.25) is 0 Å². The first-order chi connectivity index (χ1) is 11.8. The van der Waals surface area contributed by atoms with Gasteiger partial charge in [0.25, 0.3) is 15.7 Å². The molecule has 0 aromatic heterocycles. The van der Waals surface area contributed by atoms with Crippen molar-refractivity contribution in [2.45, 2.75) is 24.7 Å². The van der Waals surface area contributed by atoms with Gasteiger partial charge in [0, 0.05) is 12.1 Å². The van der Waals surface area contributed by atoms with E-state index in [1.165, 1.54) is 6.08 Å². The van der Waals surface area contributed by atoms with E-state index in [4.69, 9.17) is 4.74 Å². The van der Waals surface area contributed by atoms with Crippen LogP contribution in [0.1, 0.15) is 19.8 Å². The molecule has 10 heteroatoms. The maximum atomic E-state index is 12.4. The van der Waals surface area contributed by atoms with Crippen molar-refractivity contribution in [3.8, 4) is 0 Å². The first kappa shape index (κ1) is 18.6. The van der Waals surface area contributed by atoms with Gasteiger partial charge in [0.05, 0.1) is 16.4 Å². The quantitative estimate of drug-likeness (QED) is 0.330. The molecule has 1 aromatic rings. The summed E-state index contributed by atoms with van der Waals surface area (Å²) in [5.74, 6) is -0.0469. The molecule has 1 aliphatic heterocycles. The van der Waals surface area contributed by atoms with Crippen LogP contribution in [0.4, 0.5) is 10.5 Å². The number of ether oxygens (including phenoxy) is 1. The predicted octanol–water partition coefficient (Wildman–Crippen LogP) is 2.49. The third kappa shape index (κ3) is 4.63. The van der Waals surface area contributed by atoms with Gasteiger partial charge in [0.2, 0.25) is 0 Å². The number of nitrogens with zero attached hydrogens (tertiary/aromatic N) is 3. The van der Waals surface area contributed by atoms with Crippen LogP contribution in [-0.4, -0.2) is 43.3 Å². The summed E-state index contributed by atoms with van der Waals surface area (Å²) in [4.78, 5) is 22.7. The average molecular weight is 367 g/mol. The van der Waals surface area contributed by atoms with Crippen LogP contribution in [-0.2, 0) is 14.8 Å². The minimum Gasteiger partial charge on any atom is -0.447 e. The summed E-state index contributed by atoms with van der Waals surface area (Å²) in [5, 5.41) is 10.7. The number of cyclic esters (lactones) is 1. The van der Waals surface area contributed by atoms with Crippen LogP contribution in [0.5, 0.6) is 0 Å². The molecule has 0 saturated carbocycles. The van der Waals surface area contributed by atoms with Gasteiger partial charge >= 0.3 is 6.09 Å². The molecule has 0 bridgehead atoms. The van der Waals surface area contributed by atoms with Gasteiger partial charge in [-0.05, 0) is 24.6 Å². The van der Waals surface area contributed by atoms with E-state index in [0.717, 1.165) is 35.6 Å². The SMILES string of the molecule is CCC/C=C/C(=N\S(=O)(=O)c1ccc([N+](=O)[O-])cc1)N1CCOC1=O. The van der Waals surface area contributed by atoms with Gasteiger partial charge in [-0.1, -0.05) is 19.4 Å². The van der Waals surface area contributed by atoms with E-state index in [1.54, 1.807) is 6.08 Å². The number of amidine groups is 1. The van der Waals surface area contributed by atoms with Crippen LogP contribution >= 0.6 is 0 Å². The number of rotatable bonds is 6. The number of nitro groups is 1. The van der Waals surface area contributed by atoms with Crippen molar-refractivity contribution < 1.29 is 22.9 Å². The highest BCUT2D eigenvalue weighted by Gasteiger charge is 2.27. The average Bonchev–Trinajstić information content (AvgIpc) is 3.00. The molecular weight excluding hydrogens is 350 g/mol. The minimum atomic E-state index is -4.14. The fourth-order valence-corrected chi connectivity index (χ4v) is 3.03. The molecule has 1 aromatic carbocycles. The molecule has 1 heterocycles. The Morgan fingerprint density at radius 1 is 1.40 bits per heavy atom. The maximum Gasteiger partial charge on any atom is 0.415 e. The van der Waals surface area contributed by atoms with Gasteiger partial charge in [-0.3, -0.25) is 15.0 Å². The number of carbonyl (C=O) groups excluding carboxylic acids is 1. The molecule has 0 aliphatic carbocycles. The summed E-state index contributed by atoms with van der Waals surface area (Å²) >= 11 is 0. The molecule has 0 atom stereocenters. The van der Waals surface area contributed by atoms with Crippen LogP contribution in [0.3, 0.4) is 0 Å². The van der Waals surface area contributed by atoms with Crippen molar-refractivity contribution in [2.24, 2.45) is 4.40 Å². The Hall–Kier alpha value is -2.75. The molecule has 0 N–H and O–H groups in total. The van der Waals surface area contributed by atoms with Gasteiger partial charge < -0.3 is 4.74 Å². The van der Waals surface area contributed by atoms with Crippen molar-refractivity contribution in [2.75, 3.05) is 13.2 Å². The van der Waals surface area contributed by atoms with Gasteiger partial charge in [-0.2, -0.15) is 8.42 Å². The standard InChI is InChI=1S/C15H17N3O6S/c1-2-3-4-5-14(17-10-11-24-15(17)19)16-25(22,23)13-8-6-12(7-9-13)18(20)21/h4-9H,2-3,10-11H2,1H3/b5-4+,16-14+. The maximum absolute atomic E-state index is 12.4. The zero-order valence-corrected chi connectivity index (χ0v) is 14.3. The predicted molar refractivity (Wildman–Crippen MR) is 89.8 cm³/mol. The number of allylic oxidation sites excluding steroid dienone is 1. The molecule has 0 spiro atoms. The van der Waals surface area contributed by atoms with E-state index in [-0.39, 0.29) is 29.6 Å². The summed E-state index contributed by atoms with van der Waals surface area (Å²) in [7, 11) is -4.14. The van der Waals surface area contributed by atoms with Gasteiger partial charge in [-0.15, -0.1) is 4.40 Å². The number of carbonyl (C=O) groups is 1. The van der Waals surface area contributed by atoms with Gasteiger partial charge in [0.15, 0.2) is 5.84 Å². The van der Waals surface area contributed by atoms with Crippen molar-refractivity contribution in [1.82, 2.24) is 4.90 Å². The Morgan fingerprint density at radius 3 is 2.60 bits per heavy atom. The van der Waals surface area contributed by atoms with E-state index < -0.39 is 21.0 Å². The number of hydrogen-bond acceptors (Lipinski definition) is 6. The summed E-state index contributed by atoms with van der Waals surface area (Å²) in [6.07, 6.45) is 4.05. The first-order valence-corrected chi connectivity index (χ1v) is 8.99. The highest BCUT2D eigenvalue weighted by atomic mass is 32.2. The first-order valence-electron chi connectivity index (χ1n) is 7.55. The lowest BCUT2D eigenvalue weighted by Crippen LogP contribution is -2.31. The van der Waals surface area contributed by atoms with Crippen molar-refractivity contribution in [3.63, 3.8) is 0 Å². The second-order valence-corrected chi connectivity index (χ2v) is 6.74. The topological polar surface area (TPSA) is 119 Å². The fourth-order valence-electron chi connectivity index (χ4n) is 2.04. The van der Waals surface area contributed by atoms with E-state index >= 15 is 0 Å². The number of non-ortho nitro benzene ring substituents is 1. The third-order valence-corrected chi connectivity index (χ3v) is 4.61. The number of nitro benzene ring substituents is 1. The molecular formula is C15H17N3O6S. The molecule has 25 heavy (non-hydrogen) atoms. The molecule has 134 valence electrons. The highest BCUT2D eigenvalue weighted by Crippen LogP contribution is 2.19. The number of hydrogen-bond donors (Lipinski definition) is 0. The molecule has 1 aliphatic rings. The van der Waals surface area contributed by atoms with E-state index in [2.05, 4.69) is 4.40 Å². The Kier molecular flexibility index (Phi) is 5.86. The van der Waals surface area contributed by atoms with Crippen LogP contribution in [0.15, 0.2) is 45.7 Å². The normalized spacial score (nSPS) is 15.6. The summed E-state index contributed by atoms with van der Waals surface area (Å²) in [5.41, 5.74) is -0.228. The molecule has 0 unspecified atom stereocenters. The molecule has 9 nitrogen and oxygen atoms in total. The Balaban J connectivity index is 2.38. The van der Waals surface area contributed by atoms with Crippen molar-refractivity contribution in [3.05, 3.63) is 46.5 Å². The minimum absolute atomic E-state index is 0.0469. The second-order valence-electron chi connectivity index (χ2n) is 5.13. The van der Waals surface area contributed by atoms with Gasteiger partial charge in [-0.25, -0.2) is 4.79 Å². The molecule has 2 rings (SSSR count). The lowest BCUT2D eigenvalue weighted by atomic mass is 10.3. The number of sulfonamides is 1. The molecule has 1 saturated heterocycles. The second kappa shape index (κ2) is 7.88. The van der Waals surface area contributed by atoms with Crippen LogP contribution < -0.4 is 0 Å². The summed E-state index contributed by atoms with van der Waals surface area (Å²) < 4.78 is 33.4. The number of amides is 1. The van der Waals surface area contributed by atoms with Crippen LogP contribution in [0, 0.1) is 10.1 Å². The molecule has 1 fully saturated rings. The van der Waals surface area contributed by atoms with Crippen molar-refractivity contribution >= 4 is 27.6 Å². The van der Waals surface area contributed by atoms with E-state index in [0.29, 0.717) is 6.42 Å². The van der Waals surface area contributed by atoms with Crippen molar-refractivity contribution in [1.29, 1.82) is 0 Å². The largest absolute Gasteiger partial charge is 0.447 e. The van der Waals surface area contributed by atoms with Gasteiger partial charge in [0.1, 0.15) is 6.61 Å². The summed E-state index contributed by atoms with van der Waals surface area (Å²) in [6, 6.07) is 4.37. The monoisotopic (exact) mass is 367 g/mol. The number of benzene rings is 1. The van der Waals surface area contributed by atoms with E-state index in [1.807, 2.05) is 6.92 Å². The molecule has 1 amide bonds. The number of unbranched alkanes of at least 4 members (excludes halogenated alkanes) is 1. The Bertz CT molecular complexity index is 814. The smallest absolute Gasteiger partial charge is 0.415 e. The lowest BCUT2D eigenvalue weighted by Gasteiger charge is -2.12. The van der Waals surface area contributed by atoms with E-state index in [9.17, 15) is 23.3 Å². The zero-order valence-electron chi connectivity index (χ0n) is 13.5. The fraction of sp³-hybridized carbons (Fsp3) is 0.333. The Morgan fingerprint density at radius 2 is 2.08 bits per heavy atom. The molecule has 0 radical (unpaired) electrons. The summed E-state index contributed by atoms with van der Waals surface area (Å²) in [6.45, 7) is 2.31. The lowest BCUT2D eigenvalue weighted by molar-refractivity contribution is -0.384. The van der Waals surface area contributed by atoms with Crippen LogP contribution in [0.25, 0.3) is 0 Å². The zero-order chi connectivity index (χ0) is 18.4. The third-order valence-electron chi connectivity index (χ3n) is 3.32.